The van der Waals surface area contributed by atoms with Crippen molar-refractivity contribution in [1.82, 2.24) is 4.90 Å². The molecular formula is C12H15NO6W. The number of phenolic OH excluding ortho intramolecular Hbond substituents is 1. The molecule has 1 unspecified atom stereocenters. The molecule has 1 atom stereocenters. The third kappa shape index (κ3) is 3.56. The summed E-state index contributed by atoms with van der Waals surface area (Å²) >= 11 is 0. The van der Waals surface area contributed by atoms with Gasteiger partial charge in [-0.2, -0.15) is 0 Å². The molecule has 5 N–H and O–H groups in total. The monoisotopic (exact) mass is 453 g/mol. The molecular weight excluding hydrogens is 438 g/mol. The number of benzene rings is 1. The van der Waals surface area contributed by atoms with Crippen LogP contribution < -0.4 is 0 Å². The number of rotatable bonds is 4. The Hall–Kier alpha value is -0.982. The molecule has 0 saturated heterocycles. The van der Waals surface area contributed by atoms with Crippen molar-refractivity contribution in [2.75, 3.05) is 6.61 Å². The van der Waals surface area contributed by atoms with Crippen LogP contribution in [0.1, 0.15) is 22.3 Å². The van der Waals surface area contributed by atoms with Crippen molar-refractivity contribution in [2.45, 2.75) is 25.0 Å². The quantitative estimate of drug-likeness (QED) is 0.363. The molecule has 0 spiro atoms. The second-order valence-corrected chi connectivity index (χ2v) is 4.59. The Morgan fingerprint density at radius 2 is 1.95 bits per heavy atom. The predicted molar refractivity (Wildman–Crippen MR) is 62.9 cm³/mol. The predicted octanol–water partition coefficient (Wildman–Crippen LogP) is -1.27. The van der Waals surface area contributed by atoms with Crippen LogP contribution in [-0.2, 0) is 27.6 Å². The van der Waals surface area contributed by atoms with Gasteiger partial charge in [-0.3, -0.25) is 4.79 Å². The number of hydrogen-bond donors (Lipinski definition) is 5. The van der Waals surface area contributed by atoms with Gasteiger partial charge in [-0.15, -0.1) is 0 Å². The zero-order valence-corrected chi connectivity index (χ0v) is 13.4. The van der Waals surface area contributed by atoms with Gasteiger partial charge < -0.3 is 30.4 Å². The number of nitrogens with zero attached hydrogens (tertiary/aromatic N) is 1. The van der Waals surface area contributed by atoms with E-state index in [0.29, 0.717) is 11.1 Å². The summed E-state index contributed by atoms with van der Waals surface area (Å²) in [5.41, 5.74) is 0.971. The molecule has 1 aliphatic heterocycles. The van der Waals surface area contributed by atoms with Crippen molar-refractivity contribution in [2.24, 2.45) is 0 Å². The summed E-state index contributed by atoms with van der Waals surface area (Å²) in [7, 11) is 0. The number of fused-ring (bicyclic) bond motifs is 1. The van der Waals surface area contributed by atoms with Crippen molar-refractivity contribution in [3.63, 3.8) is 0 Å². The molecule has 1 aromatic carbocycles. The van der Waals surface area contributed by atoms with E-state index in [2.05, 4.69) is 0 Å². The second kappa shape index (κ2) is 6.20. The Balaban J connectivity index is 0.00000200. The van der Waals surface area contributed by atoms with Crippen LogP contribution in [0.4, 0.5) is 0 Å². The zero-order chi connectivity index (χ0) is 14.2. The van der Waals surface area contributed by atoms with Crippen LogP contribution in [0.15, 0.2) is 18.2 Å². The number of aromatic hydroxyl groups is 1. The summed E-state index contributed by atoms with van der Waals surface area (Å²) in [6.07, 6.45) is -0.588. The van der Waals surface area contributed by atoms with Gasteiger partial charge in [0.25, 0.3) is 11.9 Å². The van der Waals surface area contributed by atoms with E-state index in [1.165, 1.54) is 23.1 Å². The number of hydrogen-bond acceptors (Lipinski definition) is 6. The molecule has 0 fully saturated rings. The third-order valence-electron chi connectivity index (χ3n) is 3.08. The summed E-state index contributed by atoms with van der Waals surface area (Å²) in [6.45, 7) is -0.390. The van der Waals surface area contributed by atoms with E-state index in [0.717, 1.165) is 0 Å². The van der Waals surface area contributed by atoms with Gasteiger partial charge in [0, 0.05) is 33.2 Å². The smallest absolute Gasteiger partial charge is 0.277 e. The Morgan fingerprint density at radius 1 is 1.30 bits per heavy atom. The molecule has 0 aliphatic carbocycles. The molecule has 0 bridgehead atoms. The van der Waals surface area contributed by atoms with E-state index < -0.39 is 30.9 Å². The fraction of sp³-hybridized carbons (Fsp3) is 0.417. The first kappa shape index (κ1) is 17.1. The van der Waals surface area contributed by atoms with Crippen LogP contribution in [0.25, 0.3) is 0 Å². The van der Waals surface area contributed by atoms with Crippen molar-refractivity contribution >= 4 is 5.91 Å². The third-order valence-corrected chi connectivity index (χ3v) is 3.08. The molecule has 1 aliphatic rings. The maximum absolute atomic E-state index is 12.1. The van der Waals surface area contributed by atoms with Crippen molar-refractivity contribution in [3.8, 4) is 5.75 Å². The van der Waals surface area contributed by atoms with Crippen molar-refractivity contribution in [3.05, 3.63) is 29.3 Å². The number of carbonyl (C=O) groups is 1. The minimum atomic E-state index is -2.95. The van der Waals surface area contributed by atoms with Crippen LogP contribution >= 0.6 is 0 Å². The molecule has 0 saturated carbocycles. The van der Waals surface area contributed by atoms with Gasteiger partial charge in [0.2, 0.25) is 0 Å². The fourth-order valence-corrected chi connectivity index (χ4v) is 2.21. The van der Waals surface area contributed by atoms with Gasteiger partial charge in [0.1, 0.15) is 5.75 Å². The average Bonchev–Trinajstić information content (AvgIpc) is 2.62. The minimum absolute atomic E-state index is 0. The van der Waals surface area contributed by atoms with E-state index in [-0.39, 0.29) is 33.4 Å². The van der Waals surface area contributed by atoms with E-state index in [9.17, 15) is 15.0 Å². The molecule has 8 heteroatoms. The second-order valence-electron chi connectivity index (χ2n) is 4.59. The molecule has 0 aromatic heterocycles. The summed E-state index contributed by atoms with van der Waals surface area (Å²) < 4.78 is 0. The van der Waals surface area contributed by atoms with Gasteiger partial charge in [-0.1, -0.05) is 0 Å². The molecule has 2 rings (SSSR count). The van der Waals surface area contributed by atoms with Crippen LogP contribution in [0.5, 0.6) is 5.75 Å². The molecule has 1 heterocycles. The largest absolute Gasteiger partial charge is 0.508 e. The first-order valence-corrected chi connectivity index (χ1v) is 5.72. The Kier molecular flexibility index (Phi) is 5.29. The maximum atomic E-state index is 12.1. The van der Waals surface area contributed by atoms with Gasteiger partial charge >= 0.3 is 0 Å². The first-order valence-electron chi connectivity index (χ1n) is 5.72. The number of aliphatic hydroxyl groups excluding tert-OH is 1. The summed E-state index contributed by atoms with van der Waals surface area (Å²) in [4.78, 5) is 13.3. The maximum Gasteiger partial charge on any atom is 0.277 e. The summed E-state index contributed by atoms with van der Waals surface area (Å²) in [5, 5.41) is 45.4. The number of phenols is 1. The van der Waals surface area contributed by atoms with E-state index in [4.69, 9.17) is 15.3 Å². The van der Waals surface area contributed by atoms with E-state index in [1.807, 2.05) is 0 Å². The van der Waals surface area contributed by atoms with Gasteiger partial charge in [0.05, 0.1) is 19.1 Å². The topological polar surface area (TPSA) is 121 Å². The van der Waals surface area contributed by atoms with Gasteiger partial charge in [-0.05, 0) is 23.8 Å². The minimum Gasteiger partial charge on any atom is -0.508 e. The van der Waals surface area contributed by atoms with Crippen molar-refractivity contribution in [1.29, 1.82) is 0 Å². The van der Waals surface area contributed by atoms with Crippen molar-refractivity contribution < 1.29 is 51.4 Å². The molecule has 1 aromatic rings. The Bertz CT molecular complexity index is 501. The summed E-state index contributed by atoms with van der Waals surface area (Å²) in [6, 6.07) is 3.35. The Labute approximate surface area is 129 Å². The van der Waals surface area contributed by atoms with Crippen LogP contribution in [0.2, 0.25) is 0 Å². The van der Waals surface area contributed by atoms with Gasteiger partial charge in [0.15, 0.2) is 0 Å². The van der Waals surface area contributed by atoms with Crippen LogP contribution in [0.3, 0.4) is 0 Å². The zero-order valence-electron chi connectivity index (χ0n) is 10.4. The summed E-state index contributed by atoms with van der Waals surface area (Å²) in [5.74, 6) is -3.32. The standard InChI is InChI=1S/C12H15NO6.W/c14-6-8(4-12(17,18)19)13-5-7-3-9(15)1-2-10(7)11(13)16;/h1-3,8,14-15,17-19H,4-6H2;. The Morgan fingerprint density at radius 3 is 2.50 bits per heavy atom. The average molecular weight is 453 g/mol. The fourth-order valence-electron chi connectivity index (χ4n) is 2.21. The van der Waals surface area contributed by atoms with Gasteiger partial charge in [-0.25, -0.2) is 0 Å². The van der Waals surface area contributed by atoms with E-state index in [1.54, 1.807) is 0 Å². The molecule has 110 valence electrons. The first-order chi connectivity index (χ1) is 8.81. The normalized spacial score (nSPS) is 15.8. The molecule has 7 nitrogen and oxygen atoms in total. The number of aliphatic hydroxyl groups is 4. The SMILES string of the molecule is O=C1c2ccc(O)cc2CN1C(CO)CC(O)(O)O.[W]. The molecule has 1 amide bonds. The van der Waals surface area contributed by atoms with Crippen LogP contribution in [0, 0.1) is 0 Å². The molecule has 20 heavy (non-hydrogen) atoms. The molecule has 0 radical (unpaired) electrons. The number of carbonyl (C=O) groups excluding carboxylic acids is 1. The van der Waals surface area contributed by atoms with Crippen LogP contribution in [-0.4, -0.2) is 55.0 Å². The number of amides is 1. The van der Waals surface area contributed by atoms with E-state index >= 15 is 0 Å².